The van der Waals surface area contributed by atoms with Gasteiger partial charge in [-0.25, -0.2) is 0 Å². The number of nitriles is 1. The molecule has 84 valence electrons. The van der Waals surface area contributed by atoms with Crippen LogP contribution in [0.5, 0.6) is 0 Å². The molecule has 2 aliphatic rings. The summed E-state index contributed by atoms with van der Waals surface area (Å²) in [6, 6.07) is 3.96. The van der Waals surface area contributed by atoms with Crippen LogP contribution in [0.1, 0.15) is 43.0 Å². The van der Waals surface area contributed by atoms with Crippen molar-refractivity contribution in [1.82, 2.24) is 15.1 Å². The van der Waals surface area contributed by atoms with E-state index in [-0.39, 0.29) is 0 Å². The highest BCUT2D eigenvalue weighted by atomic mass is 15.3. The van der Waals surface area contributed by atoms with Crippen LogP contribution < -0.4 is 5.32 Å². The van der Waals surface area contributed by atoms with Gasteiger partial charge in [0, 0.05) is 23.8 Å². The first kappa shape index (κ1) is 9.86. The van der Waals surface area contributed by atoms with Gasteiger partial charge in [0.05, 0.1) is 6.04 Å². The summed E-state index contributed by atoms with van der Waals surface area (Å²) in [5.41, 5.74) is 1.57. The van der Waals surface area contributed by atoms with Crippen LogP contribution in [-0.2, 0) is 0 Å². The molecule has 4 nitrogen and oxygen atoms in total. The number of hydrogen-bond acceptors (Lipinski definition) is 3. The predicted molar refractivity (Wildman–Crippen MR) is 59.9 cm³/mol. The molecule has 2 saturated heterocycles. The molecule has 0 aromatic carbocycles. The molecule has 16 heavy (non-hydrogen) atoms. The maximum Gasteiger partial charge on any atom is 0.165 e. The second-order valence-corrected chi connectivity index (χ2v) is 5.02. The topological polar surface area (TPSA) is 53.6 Å². The molecule has 0 amide bonds. The van der Waals surface area contributed by atoms with Gasteiger partial charge < -0.3 is 5.32 Å². The molecule has 2 fully saturated rings. The molecule has 0 saturated carbocycles. The average Bonchev–Trinajstić information content (AvgIpc) is 2.82. The number of aryl methyl sites for hydroxylation is 1. The molecule has 0 aliphatic carbocycles. The fraction of sp³-hybridized carbons (Fsp3) is 0.667. The van der Waals surface area contributed by atoms with E-state index in [0.29, 0.717) is 23.8 Å². The van der Waals surface area contributed by atoms with E-state index in [9.17, 15) is 0 Å². The van der Waals surface area contributed by atoms with E-state index >= 15 is 0 Å². The number of nitrogens with zero attached hydrogens (tertiary/aromatic N) is 3. The van der Waals surface area contributed by atoms with Crippen molar-refractivity contribution < 1.29 is 0 Å². The van der Waals surface area contributed by atoms with Gasteiger partial charge in [-0.05, 0) is 32.6 Å². The van der Waals surface area contributed by atoms with Crippen LogP contribution in [0.15, 0.2) is 6.20 Å². The lowest BCUT2D eigenvalue weighted by atomic mass is 10.0. The van der Waals surface area contributed by atoms with E-state index in [1.54, 1.807) is 0 Å². The Morgan fingerprint density at radius 2 is 2.12 bits per heavy atom. The third kappa shape index (κ3) is 1.52. The number of piperidine rings is 1. The van der Waals surface area contributed by atoms with Gasteiger partial charge in [-0.3, -0.25) is 4.68 Å². The lowest BCUT2D eigenvalue weighted by Gasteiger charge is -2.29. The summed E-state index contributed by atoms with van der Waals surface area (Å²) in [5.74, 6) is 0. The smallest absolute Gasteiger partial charge is 0.165 e. The van der Waals surface area contributed by atoms with E-state index < -0.39 is 0 Å². The highest BCUT2D eigenvalue weighted by Crippen LogP contribution is 2.33. The van der Waals surface area contributed by atoms with Crippen LogP contribution in [0, 0.1) is 18.3 Å². The zero-order valence-electron chi connectivity index (χ0n) is 9.48. The van der Waals surface area contributed by atoms with Crippen molar-refractivity contribution in [1.29, 1.82) is 5.26 Å². The normalized spacial score (nSPS) is 32.6. The monoisotopic (exact) mass is 216 g/mol. The van der Waals surface area contributed by atoms with Crippen LogP contribution in [-0.4, -0.2) is 21.9 Å². The fourth-order valence-corrected chi connectivity index (χ4v) is 3.02. The van der Waals surface area contributed by atoms with E-state index in [1.807, 2.05) is 17.8 Å². The first-order valence-corrected chi connectivity index (χ1v) is 5.98. The Morgan fingerprint density at radius 1 is 1.44 bits per heavy atom. The molecule has 1 N–H and O–H groups in total. The minimum absolute atomic E-state index is 0.486. The van der Waals surface area contributed by atoms with Crippen LogP contribution in [0.4, 0.5) is 0 Å². The second-order valence-electron chi connectivity index (χ2n) is 5.02. The molecule has 3 heterocycles. The predicted octanol–water partition coefficient (Wildman–Crippen LogP) is 1.52. The Morgan fingerprint density at radius 3 is 2.69 bits per heavy atom. The van der Waals surface area contributed by atoms with Gasteiger partial charge in [-0.2, -0.15) is 10.4 Å². The number of aromatic nitrogens is 2. The van der Waals surface area contributed by atoms with Crippen LogP contribution in [0.25, 0.3) is 0 Å². The lowest BCUT2D eigenvalue weighted by molar-refractivity contribution is 0.281. The quantitative estimate of drug-likeness (QED) is 0.774. The largest absolute Gasteiger partial charge is 0.311 e. The summed E-state index contributed by atoms with van der Waals surface area (Å²) in [6.45, 7) is 1.96. The van der Waals surface area contributed by atoms with Crippen molar-refractivity contribution in [2.24, 2.45) is 0 Å². The van der Waals surface area contributed by atoms with Crippen molar-refractivity contribution in [3.8, 4) is 6.07 Å². The van der Waals surface area contributed by atoms with Gasteiger partial charge in [0.2, 0.25) is 0 Å². The standard InChI is InChI=1S/C12H16N4/c1-8-7-16(15-12(8)6-13)11-4-9-2-3-10(5-11)14-9/h7,9-11,14H,2-5H2,1H3. The van der Waals surface area contributed by atoms with Crippen LogP contribution in [0.3, 0.4) is 0 Å². The Hall–Kier alpha value is -1.34. The van der Waals surface area contributed by atoms with Gasteiger partial charge in [-0.15, -0.1) is 0 Å². The summed E-state index contributed by atoms with van der Waals surface area (Å²) >= 11 is 0. The molecule has 2 aliphatic heterocycles. The zero-order valence-corrected chi connectivity index (χ0v) is 9.48. The third-order valence-corrected chi connectivity index (χ3v) is 3.84. The van der Waals surface area contributed by atoms with E-state index in [4.69, 9.17) is 5.26 Å². The van der Waals surface area contributed by atoms with E-state index in [2.05, 4.69) is 16.5 Å². The first-order chi connectivity index (χ1) is 7.76. The van der Waals surface area contributed by atoms with Gasteiger partial charge in [0.1, 0.15) is 6.07 Å². The average molecular weight is 216 g/mol. The summed E-state index contributed by atoms with van der Waals surface area (Å²) in [5, 5.41) is 16.9. The van der Waals surface area contributed by atoms with Crippen molar-refractivity contribution >= 4 is 0 Å². The van der Waals surface area contributed by atoms with Gasteiger partial charge in [0.25, 0.3) is 0 Å². The molecule has 2 unspecified atom stereocenters. The Bertz CT molecular complexity index is 430. The van der Waals surface area contributed by atoms with Crippen molar-refractivity contribution in [3.63, 3.8) is 0 Å². The summed E-state index contributed by atoms with van der Waals surface area (Å²) in [7, 11) is 0. The van der Waals surface area contributed by atoms with Crippen molar-refractivity contribution in [3.05, 3.63) is 17.5 Å². The number of fused-ring (bicyclic) bond motifs is 2. The Labute approximate surface area is 95.3 Å². The van der Waals surface area contributed by atoms with Gasteiger partial charge in [-0.1, -0.05) is 0 Å². The number of nitrogens with one attached hydrogen (secondary N) is 1. The highest BCUT2D eigenvalue weighted by Gasteiger charge is 2.34. The number of hydrogen-bond donors (Lipinski definition) is 1. The summed E-state index contributed by atoms with van der Waals surface area (Å²) in [6.07, 6.45) is 6.93. The maximum atomic E-state index is 8.91. The number of rotatable bonds is 1. The molecule has 0 spiro atoms. The lowest BCUT2D eigenvalue weighted by Crippen LogP contribution is -2.39. The van der Waals surface area contributed by atoms with E-state index in [0.717, 1.165) is 18.4 Å². The van der Waals surface area contributed by atoms with Crippen LogP contribution >= 0.6 is 0 Å². The Balaban J connectivity index is 1.84. The SMILES string of the molecule is Cc1cn(C2CC3CCC(C2)N3)nc1C#N. The second kappa shape index (κ2) is 3.60. The third-order valence-electron chi connectivity index (χ3n) is 3.84. The fourth-order valence-electron chi connectivity index (χ4n) is 3.02. The molecule has 2 atom stereocenters. The highest BCUT2D eigenvalue weighted by molar-refractivity contribution is 5.27. The molecule has 0 radical (unpaired) electrons. The van der Waals surface area contributed by atoms with Gasteiger partial charge in [0.15, 0.2) is 5.69 Å². The molecular weight excluding hydrogens is 200 g/mol. The molecular formula is C12H16N4. The summed E-state index contributed by atoms with van der Waals surface area (Å²) < 4.78 is 2.01. The molecule has 1 aromatic rings. The minimum Gasteiger partial charge on any atom is -0.311 e. The molecule has 3 rings (SSSR count). The van der Waals surface area contributed by atoms with Crippen LogP contribution in [0.2, 0.25) is 0 Å². The minimum atomic E-state index is 0.486. The Kier molecular flexibility index (Phi) is 2.22. The maximum absolute atomic E-state index is 8.91. The molecule has 4 heteroatoms. The molecule has 1 aromatic heterocycles. The molecule has 2 bridgehead atoms. The van der Waals surface area contributed by atoms with Crippen molar-refractivity contribution in [2.75, 3.05) is 0 Å². The van der Waals surface area contributed by atoms with E-state index in [1.165, 1.54) is 12.8 Å². The first-order valence-electron chi connectivity index (χ1n) is 5.98. The van der Waals surface area contributed by atoms with Gasteiger partial charge >= 0.3 is 0 Å². The summed E-state index contributed by atoms with van der Waals surface area (Å²) in [4.78, 5) is 0. The zero-order chi connectivity index (χ0) is 11.1. The van der Waals surface area contributed by atoms with Crippen molar-refractivity contribution in [2.45, 2.75) is 50.7 Å².